The maximum atomic E-state index is 12.6. The number of likely N-dealkylation sites (N-methyl/N-ethyl adjacent to an activating group) is 1. The van der Waals surface area contributed by atoms with E-state index in [2.05, 4.69) is 29.8 Å². The summed E-state index contributed by atoms with van der Waals surface area (Å²) in [4.78, 5) is 14.3. The first-order valence-electron chi connectivity index (χ1n) is 7.71. The number of amides is 1. The van der Waals surface area contributed by atoms with Crippen molar-refractivity contribution in [1.82, 2.24) is 9.47 Å². The standard InChI is InChI=1S/C18H23BrN2O2/c1-13(2)21-12-15(19)11-17(21)18(22)20(4)9-10-23-16-7-5-14(3)6-8-16/h5-8,11-13H,9-10H2,1-4H3. The van der Waals surface area contributed by atoms with Crippen molar-refractivity contribution in [1.29, 1.82) is 0 Å². The number of nitrogens with zero attached hydrogens (tertiary/aromatic N) is 2. The Hall–Kier alpha value is -1.75. The largest absolute Gasteiger partial charge is 0.492 e. The van der Waals surface area contributed by atoms with Crippen molar-refractivity contribution in [2.24, 2.45) is 0 Å². The van der Waals surface area contributed by atoms with Gasteiger partial charge in [-0.3, -0.25) is 4.79 Å². The van der Waals surface area contributed by atoms with Crippen LogP contribution in [0.2, 0.25) is 0 Å². The quantitative estimate of drug-likeness (QED) is 0.751. The third-order valence-electron chi connectivity index (χ3n) is 3.65. The number of ether oxygens (including phenoxy) is 1. The van der Waals surface area contributed by atoms with Crippen LogP contribution in [0, 0.1) is 6.92 Å². The van der Waals surface area contributed by atoms with E-state index in [0.717, 1.165) is 10.2 Å². The van der Waals surface area contributed by atoms with E-state index in [4.69, 9.17) is 4.74 Å². The van der Waals surface area contributed by atoms with Gasteiger partial charge in [0, 0.05) is 23.8 Å². The molecule has 1 heterocycles. The molecule has 0 aliphatic carbocycles. The molecule has 0 fully saturated rings. The predicted molar refractivity (Wildman–Crippen MR) is 96.2 cm³/mol. The molecule has 0 saturated heterocycles. The Morgan fingerprint density at radius 2 is 1.96 bits per heavy atom. The van der Waals surface area contributed by atoms with Crippen molar-refractivity contribution in [2.75, 3.05) is 20.2 Å². The van der Waals surface area contributed by atoms with Gasteiger partial charge in [0.2, 0.25) is 0 Å². The highest BCUT2D eigenvalue weighted by Crippen LogP contribution is 2.20. The molecule has 0 aliphatic rings. The Balaban J connectivity index is 1.94. The first-order chi connectivity index (χ1) is 10.9. The third kappa shape index (κ3) is 4.61. The Morgan fingerprint density at radius 3 is 2.57 bits per heavy atom. The minimum atomic E-state index is -0.00286. The van der Waals surface area contributed by atoms with E-state index in [-0.39, 0.29) is 11.9 Å². The highest BCUT2D eigenvalue weighted by molar-refractivity contribution is 9.10. The van der Waals surface area contributed by atoms with E-state index in [1.165, 1.54) is 5.56 Å². The number of aromatic nitrogens is 1. The van der Waals surface area contributed by atoms with Crippen LogP contribution in [0.5, 0.6) is 5.75 Å². The van der Waals surface area contributed by atoms with Crippen LogP contribution in [0.4, 0.5) is 0 Å². The maximum Gasteiger partial charge on any atom is 0.270 e. The molecule has 2 rings (SSSR count). The molecule has 5 heteroatoms. The summed E-state index contributed by atoms with van der Waals surface area (Å²) in [5, 5.41) is 0. The Bertz CT molecular complexity index is 662. The van der Waals surface area contributed by atoms with Gasteiger partial charge in [-0.15, -0.1) is 0 Å². The van der Waals surface area contributed by atoms with E-state index < -0.39 is 0 Å². The number of rotatable bonds is 6. The summed E-state index contributed by atoms with van der Waals surface area (Å²) in [6, 6.07) is 10.0. The summed E-state index contributed by atoms with van der Waals surface area (Å²) in [5.41, 5.74) is 1.88. The molecule has 0 aliphatic heterocycles. The summed E-state index contributed by atoms with van der Waals surface area (Å²) < 4.78 is 8.58. The number of carbonyl (C=O) groups excluding carboxylic acids is 1. The van der Waals surface area contributed by atoms with E-state index in [9.17, 15) is 4.79 Å². The van der Waals surface area contributed by atoms with E-state index in [1.807, 2.05) is 48.0 Å². The average Bonchev–Trinajstić information content (AvgIpc) is 2.90. The van der Waals surface area contributed by atoms with Crippen LogP contribution < -0.4 is 4.74 Å². The lowest BCUT2D eigenvalue weighted by molar-refractivity contribution is 0.0761. The molecule has 0 spiro atoms. The van der Waals surface area contributed by atoms with Crippen molar-refractivity contribution < 1.29 is 9.53 Å². The van der Waals surface area contributed by atoms with Crippen LogP contribution >= 0.6 is 15.9 Å². The highest BCUT2D eigenvalue weighted by Gasteiger charge is 2.18. The van der Waals surface area contributed by atoms with E-state index in [1.54, 1.807) is 11.9 Å². The lowest BCUT2D eigenvalue weighted by atomic mass is 10.2. The van der Waals surface area contributed by atoms with Gasteiger partial charge in [-0.25, -0.2) is 0 Å². The summed E-state index contributed by atoms with van der Waals surface area (Å²) in [6.07, 6.45) is 1.94. The Labute approximate surface area is 146 Å². The van der Waals surface area contributed by atoms with Crippen molar-refractivity contribution >= 4 is 21.8 Å². The monoisotopic (exact) mass is 378 g/mol. The number of hydrogen-bond acceptors (Lipinski definition) is 2. The van der Waals surface area contributed by atoms with Gasteiger partial charge >= 0.3 is 0 Å². The van der Waals surface area contributed by atoms with E-state index >= 15 is 0 Å². The SMILES string of the molecule is Cc1ccc(OCCN(C)C(=O)c2cc(Br)cn2C(C)C)cc1. The lowest BCUT2D eigenvalue weighted by Crippen LogP contribution is -2.32. The fourth-order valence-corrected chi connectivity index (χ4v) is 2.71. The average molecular weight is 379 g/mol. The normalized spacial score (nSPS) is 10.9. The van der Waals surface area contributed by atoms with Gasteiger partial charge in [-0.05, 0) is 54.9 Å². The topological polar surface area (TPSA) is 34.5 Å². The van der Waals surface area contributed by atoms with Crippen LogP contribution in [-0.4, -0.2) is 35.6 Å². The minimum Gasteiger partial charge on any atom is -0.492 e. The lowest BCUT2D eigenvalue weighted by Gasteiger charge is -2.20. The molecule has 0 atom stereocenters. The van der Waals surface area contributed by atoms with Gasteiger partial charge in [0.25, 0.3) is 5.91 Å². The molecule has 0 unspecified atom stereocenters. The van der Waals surface area contributed by atoms with Crippen LogP contribution in [-0.2, 0) is 0 Å². The predicted octanol–water partition coefficient (Wildman–Crippen LogP) is 4.29. The molecular weight excluding hydrogens is 356 g/mol. The van der Waals surface area contributed by atoms with Crippen LogP contribution in [0.15, 0.2) is 41.0 Å². The molecule has 2 aromatic rings. The molecule has 4 nitrogen and oxygen atoms in total. The fraction of sp³-hybridized carbons (Fsp3) is 0.389. The first kappa shape index (κ1) is 17.6. The van der Waals surface area contributed by atoms with Gasteiger partial charge in [0.05, 0.1) is 6.54 Å². The van der Waals surface area contributed by atoms with Crippen molar-refractivity contribution in [3.8, 4) is 5.75 Å². The van der Waals surface area contributed by atoms with Gasteiger partial charge in [-0.1, -0.05) is 17.7 Å². The summed E-state index contributed by atoms with van der Waals surface area (Å²) in [5.74, 6) is 0.821. The van der Waals surface area contributed by atoms with Gasteiger partial charge in [0.15, 0.2) is 0 Å². The van der Waals surface area contributed by atoms with Crippen molar-refractivity contribution in [3.05, 3.63) is 52.3 Å². The Morgan fingerprint density at radius 1 is 1.30 bits per heavy atom. The summed E-state index contributed by atoms with van der Waals surface area (Å²) in [6.45, 7) is 7.16. The van der Waals surface area contributed by atoms with Gasteiger partial charge < -0.3 is 14.2 Å². The fourth-order valence-electron chi connectivity index (χ4n) is 2.28. The second kappa shape index (κ2) is 7.68. The molecule has 0 saturated carbocycles. The second-order valence-corrected chi connectivity index (χ2v) is 6.85. The van der Waals surface area contributed by atoms with Gasteiger partial charge in [0.1, 0.15) is 18.1 Å². The first-order valence-corrected chi connectivity index (χ1v) is 8.50. The number of benzene rings is 1. The molecule has 0 N–H and O–H groups in total. The minimum absolute atomic E-state index is 0.00286. The zero-order valence-corrected chi connectivity index (χ0v) is 15.6. The van der Waals surface area contributed by atoms with Crippen LogP contribution in [0.1, 0.15) is 35.9 Å². The molecule has 1 aromatic heterocycles. The number of halogens is 1. The highest BCUT2D eigenvalue weighted by atomic mass is 79.9. The zero-order valence-electron chi connectivity index (χ0n) is 14.0. The second-order valence-electron chi connectivity index (χ2n) is 5.93. The molecule has 124 valence electrons. The number of carbonyl (C=O) groups is 1. The van der Waals surface area contributed by atoms with Crippen LogP contribution in [0.25, 0.3) is 0 Å². The molecule has 1 amide bonds. The van der Waals surface area contributed by atoms with Crippen molar-refractivity contribution in [2.45, 2.75) is 26.8 Å². The summed E-state index contributed by atoms with van der Waals surface area (Å²) >= 11 is 3.44. The molecule has 0 bridgehead atoms. The molecule has 0 radical (unpaired) electrons. The Kier molecular flexibility index (Phi) is 5.88. The van der Waals surface area contributed by atoms with E-state index in [0.29, 0.717) is 18.8 Å². The maximum absolute atomic E-state index is 12.6. The molecular formula is C18H23BrN2O2. The number of aryl methyl sites for hydroxylation is 1. The van der Waals surface area contributed by atoms with Crippen LogP contribution in [0.3, 0.4) is 0 Å². The molecule has 1 aromatic carbocycles. The zero-order chi connectivity index (χ0) is 17.0. The van der Waals surface area contributed by atoms with Crippen molar-refractivity contribution in [3.63, 3.8) is 0 Å². The number of hydrogen-bond donors (Lipinski definition) is 0. The summed E-state index contributed by atoms with van der Waals surface area (Å²) in [7, 11) is 1.80. The third-order valence-corrected chi connectivity index (χ3v) is 4.09. The van der Waals surface area contributed by atoms with Gasteiger partial charge in [-0.2, -0.15) is 0 Å². The smallest absolute Gasteiger partial charge is 0.270 e. The molecule has 23 heavy (non-hydrogen) atoms.